The highest BCUT2D eigenvalue weighted by Gasteiger charge is 2.25. The van der Waals surface area contributed by atoms with Crippen LogP contribution in [0, 0.1) is 20.8 Å². The largest absolute Gasteiger partial charge is 0.496 e. The predicted octanol–water partition coefficient (Wildman–Crippen LogP) is 2.65. The van der Waals surface area contributed by atoms with E-state index in [0.29, 0.717) is 31.5 Å². The van der Waals surface area contributed by atoms with Crippen LogP contribution in [0.5, 0.6) is 11.5 Å². The number of fused-ring (bicyclic) bond motifs is 1. The van der Waals surface area contributed by atoms with E-state index in [4.69, 9.17) is 19.2 Å². The Hall–Kier alpha value is -2.65. The van der Waals surface area contributed by atoms with Crippen LogP contribution in [0.1, 0.15) is 22.4 Å². The molecule has 3 aromatic rings. The first kappa shape index (κ1) is 21.6. The van der Waals surface area contributed by atoms with Crippen molar-refractivity contribution in [1.82, 2.24) is 14.6 Å². The Bertz CT molecular complexity index is 1140. The Balaban J connectivity index is 1.80. The van der Waals surface area contributed by atoms with E-state index in [-0.39, 0.29) is 5.75 Å². The summed E-state index contributed by atoms with van der Waals surface area (Å²) in [6.07, 6.45) is 1.76. The maximum Gasteiger partial charge on any atom is 0.219 e. The van der Waals surface area contributed by atoms with Crippen LogP contribution in [0.25, 0.3) is 11.0 Å². The summed E-state index contributed by atoms with van der Waals surface area (Å²) in [6, 6.07) is 3.91. The zero-order valence-electron chi connectivity index (χ0n) is 18.6. The van der Waals surface area contributed by atoms with Crippen molar-refractivity contribution in [1.29, 1.82) is 0 Å². The molecule has 1 saturated heterocycles. The van der Waals surface area contributed by atoms with Gasteiger partial charge in [0.05, 0.1) is 73.8 Å². The molecule has 1 fully saturated rings. The molecule has 1 aliphatic heterocycles. The van der Waals surface area contributed by atoms with E-state index in [1.807, 2.05) is 37.6 Å². The molecule has 31 heavy (non-hydrogen) atoms. The van der Waals surface area contributed by atoms with Crippen molar-refractivity contribution < 1.29 is 18.4 Å². The lowest BCUT2D eigenvalue weighted by atomic mass is 10.1. The number of ether oxygens (including phenoxy) is 3. The smallest absolute Gasteiger partial charge is 0.219 e. The maximum absolute atomic E-state index is 13.6. The number of aromatic nitrogens is 3. The minimum atomic E-state index is -1.41. The second-order valence-electron chi connectivity index (χ2n) is 7.57. The van der Waals surface area contributed by atoms with E-state index >= 15 is 0 Å². The summed E-state index contributed by atoms with van der Waals surface area (Å²) in [5.41, 5.74) is 5.24. The van der Waals surface area contributed by atoms with Crippen molar-refractivity contribution in [3.05, 3.63) is 40.7 Å². The van der Waals surface area contributed by atoms with E-state index in [1.54, 1.807) is 20.4 Å². The first-order valence-corrected chi connectivity index (χ1v) is 11.5. The fraction of sp³-hybridized carbons (Fsp3) is 0.455. The maximum atomic E-state index is 13.6. The molecule has 8 nitrogen and oxygen atoms in total. The Morgan fingerprint density at radius 2 is 1.84 bits per heavy atom. The molecule has 0 saturated carbocycles. The summed E-state index contributed by atoms with van der Waals surface area (Å²) in [4.78, 5) is 9.35. The van der Waals surface area contributed by atoms with Crippen molar-refractivity contribution >= 4 is 21.8 Å². The van der Waals surface area contributed by atoms with Gasteiger partial charge in [-0.3, -0.25) is 9.19 Å². The summed E-state index contributed by atoms with van der Waals surface area (Å²) in [5.74, 6) is 1.80. The van der Waals surface area contributed by atoms with Gasteiger partial charge >= 0.3 is 0 Å². The second-order valence-corrected chi connectivity index (χ2v) is 8.91. The first-order chi connectivity index (χ1) is 15.0. The molecule has 3 heterocycles. The van der Waals surface area contributed by atoms with Crippen LogP contribution in [-0.4, -0.2) is 59.4 Å². The quantitative estimate of drug-likeness (QED) is 0.578. The Morgan fingerprint density at radius 3 is 2.52 bits per heavy atom. The van der Waals surface area contributed by atoms with E-state index in [9.17, 15) is 4.21 Å². The highest BCUT2D eigenvalue weighted by atomic mass is 32.2. The number of aryl methyl sites for hydroxylation is 2. The molecular weight excluding hydrogens is 416 g/mol. The average molecular weight is 445 g/mol. The summed E-state index contributed by atoms with van der Waals surface area (Å²) in [7, 11) is 1.87. The number of methoxy groups -OCH3 is 2. The molecule has 0 bridgehead atoms. The molecule has 0 amide bonds. The van der Waals surface area contributed by atoms with Crippen LogP contribution < -0.4 is 14.5 Å². The minimum absolute atomic E-state index is 0.256. The van der Waals surface area contributed by atoms with Crippen LogP contribution >= 0.6 is 0 Å². The van der Waals surface area contributed by atoms with Crippen LogP contribution in [0.4, 0.5) is 0 Å². The molecule has 1 aliphatic rings. The summed E-state index contributed by atoms with van der Waals surface area (Å²) in [5, 5.41) is 2.66. The molecule has 1 unspecified atom stereocenters. The van der Waals surface area contributed by atoms with Crippen LogP contribution in [0.15, 0.2) is 23.5 Å². The lowest BCUT2D eigenvalue weighted by Crippen LogP contribution is -2.44. The summed E-state index contributed by atoms with van der Waals surface area (Å²) >= 11 is 0. The van der Waals surface area contributed by atoms with Gasteiger partial charge in [0.1, 0.15) is 11.5 Å². The van der Waals surface area contributed by atoms with Crippen molar-refractivity contribution in [3.8, 4) is 11.5 Å². The van der Waals surface area contributed by atoms with Gasteiger partial charge in [0.25, 0.3) is 0 Å². The predicted molar refractivity (Wildman–Crippen MR) is 120 cm³/mol. The molecule has 0 radical (unpaired) electrons. The number of benzene rings is 1. The highest BCUT2D eigenvalue weighted by Crippen LogP contribution is 2.30. The van der Waals surface area contributed by atoms with Crippen molar-refractivity contribution in [2.75, 3.05) is 45.5 Å². The molecule has 9 heteroatoms. The van der Waals surface area contributed by atoms with Crippen LogP contribution in [-0.2, 0) is 21.3 Å². The first-order valence-electron chi connectivity index (χ1n) is 10.2. The van der Waals surface area contributed by atoms with E-state index in [0.717, 1.165) is 44.9 Å². The van der Waals surface area contributed by atoms with Gasteiger partial charge in [-0.1, -0.05) is 0 Å². The fourth-order valence-corrected chi connectivity index (χ4v) is 5.29. The third-order valence-corrected chi connectivity index (χ3v) is 6.90. The van der Waals surface area contributed by atoms with Crippen LogP contribution in [0.3, 0.4) is 0 Å². The second kappa shape index (κ2) is 8.84. The van der Waals surface area contributed by atoms with E-state index < -0.39 is 10.8 Å². The monoisotopic (exact) mass is 444 g/mol. The minimum Gasteiger partial charge on any atom is -0.496 e. The Kier molecular flexibility index (Phi) is 6.15. The Morgan fingerprint density at radius 1 is 1.10 bits per heavy atom. The van der Waals surface area contributed by atoms with Gasteiger partial charge in [-0.2, -0.15) is 0 Å². The van der Waals surface area contributed by atoms with Crippen LogP contribution in [0.2, 0.25) is 0 Å². The molecule has 2 aromatic heterocycles. The fourth-order valence-electron chi connectivity index (χ4n) is 4.03. The van der Waals surface area contributed by atoms with Gasteiger partial charge in [0.2, 0.25) is 5.16 Å². The third kappa shape index (κ3) is 3.87. The third-order valence-electron chi connectivity index (χ3n) is 5.69. The number of morpholine rings is 1. The van der Waals surface area contributed by atoms with E-state index in [1.165, 1.54) is 0 Å². The van der Waals surface area contributed by atoms with Gasteiger partial charge in [-0.25, -0.2) is 9.66 Å². The SMILES string of the molecule is COc1ccc2c(nc(S(=O)Cc3ncc(C)c(OC)c3C)n2N2CCOCC2)c1C. The number of imidazole rings is 1. The molecular formula is C22H28N4O4S. The number of rotatable bonds is 6. The van der Waals surface area contributed by atoms with Crippen molar-refractivity contribution in [3.63, 3.8) is 0 Å². The molecule has 0 N–H and O–H groups in total. The molecule has 0 spiro atoms. The number of hydrogen-bond acceptors (Lipinski definition) is 7. The van der Waals surface area contributed by atoms with Gasteiger partial charge in [-0.15, -0.1) is 0 Å². The highest BCUT2D eigenvalue weighted by molar-refractivity contribution is 7.84. The number of hydrogen-bond donors (Lipinski definition) is 0. The lowest BCUT2D eigenvalue weighted by Gasteiger charge is -2.31. The lowest BCUT2D eigenvalue weighted by molar-refractivity contribution is 0.110. The summed E-state index contributed by atoms with van der Waals surface area (Å²) < 4.78 is 32.1. The zero-order valence-corrected chi connectivity index (χ0v) is 19.4. The number of nitrogens with zero attached hydrogens (tertiary/aromatic N) is 4. The molecule has 166 valence electrons. The summed E-state index contributed by atoms with van der Waals surface area (Å²) in [6.45, 7) is 8.53. The molecule has 0 aliphatic carbocycles. The van der Waals surface area contributed by atoms with Crippen molar-refractivity contribution in [2.45, 2.75) is 31.7 Å². The normalized spacial score (nSPS) is 15.3. The molecule has 4 rings (SSSR count). The van der Waals surface area contributed by atoms with Gasteiger partial charge in [0, 0.05) is 22.9 Å². The van der Waals surface area contributed by atoms with Crippen molar-refractivity contribution in [2.24, 2.45) is 0 Å². The van der Waals surface area contributed by atoms with Gasteiger partial charge < -0.3 is 19.2 Å². The average Bonchev–Trinajstić information content (AvgIpc) is 3.17. The van der Waals surface area contributed by atoms with Gasteiger partial charge in [-0.05, 0) is 32.9 Å². The topological polar surface area (TPSA) is 78.7 Å². The number of pyridine rings is 1. The zero-order chi connectivity index (χ0) is 22.1. The standard InChI is InChI=1S/C22H28N4O4S/c1-14-12-23-17(15(2)21(14)29-5)13-31(27)22-24-20-16(3)19(28-4)7-6-18(20)26(22)25-8-10-30-11-9-25/h6-7,12H,8-11,13H2,1-5H3. The molecule has 1 atom stereocenters. The molecule has 1 aromatic carbocycles. The Labute approximate surface area is 184 Å². The van der Waals surface area contributed by atoms with Gasteiger partial charge in [0.15, 0.2) is 0 Å². The van der Waals surface area contributed by atoms with E-state index in [2.05, 4.69) is 9.99 Å².